The molecule has 1 N–H and O–H groups in total. The molecule has 2 aromatic carbocycles. The van der Waals surface area contributed by atoms with E-state index in [2.05, 4.69) is 0 Å². The Bertz CT molecular complexity index is 613. The fourth-order valence-corrected chi connectivity index (χ4v) is 3.43. The van der Waals surface area contributed by atoms with Crippen molar-refractivity contribution in [3.63, 3.8) is 0 Å². The molecule has 116 valence electrons. The fraction of sp³-hybridized carbons (Fsp3) is 0.235. The van der Waals surface area contributed by atoms with Crippen molar-refractivity contribution in [2.24, 2.45) is 0 Å². The van der Waals surface area contributed by atoms with Crippen LogP contribution in [0.5, 0.6) is 5.75 Å². The molecule has 0 atom stereocenters. The van der Waals surface area contributed by atoms with Crippen LogP contribution in [0.3, 0.4) is 0 Å². The van der Waals surface area contributed by atoms with Crippen LogP contribution < -0.4 is 4.74 Å². The molecule has 0 aromatic heterocycles. The summed E-state index contributed by atoms with van der Waals surface area (Å²) >= 11 is 0.277. The zero-order valence-corrected chi connectivity index (χ0v) is 14.0. The SMILES string of the molecule is COc1ccc(C[Se]COCc2ccccc2)cc1C(=O)O. The summed E-state index contributed by atoms with van der Waals surface area (Å²) in [5, 5.41) is 10.00. The average Bonchev–Trinajstić information content (AvgIpc) is 2.55. The van der Waals surface area contributed by atoms with Gasteiger partial charge in [0.2, 0.25) is 0 Å². The third-order valence-corrected chi connectivity index (χ3v) is 4.87. The van der Waals surface area contributed by atoms with Crippen LogP contribution in [-0.2, 0) is 16.7 Å². The summed E-state index contributed by atoms with van der Waals surface area (Å²) in [5.41, 5.74) is 3.08. The van der Waals surface area contributed by atoms with Crippen LogP contribution in [0, 0.1) is 0 Å². The monoisotopic (exact) mass is 366 g/mol. The molecule has 5 heteroatoms. The number of carboxylic acid groups (broad SMARTS) is 1. The molecule has 0 fully saturated rings. The summed E-state index contributed by atoms with van der Waals surface area (Å²) in [4.78, 5) is 11.2. The van der Waals surface area contributed by atoms with E-state index >= 15 is 0 Å². The molecule has 0 saturated heterocycles. The molecule has 0 radical (unpaired) electrons. The number of hydrogen-bond acceptors (Lipinski definition) is 3. The Kier molecular flexibility index (Phi) is 6.46. The normalized spacial score (nSPS) is 10.4. The van der Waals surface area contributed by atoms with Crippen LogP contribution in [0.1, 0.15) is 21.5 Å². The molecule has 0 bridgehead atoms. The van der Waals surface area contributed by atoms with Crippen molar-refractivity contribution in [3.8, 4) is 5.75 Å². The van der Waals surface area contributed by atoms with Crippen LogP contribution in [0.25, 0.3) is 0 Å². The van der Waals surface area contributed by atoms with E-state index < -0.39 is 5.97 Å². The van der Waals surface area contributed by atoms with Gasteiger partial charge in [-0.3, -0.25) is 0 Å². The summed E-state index contributed by atoms with van der Waals surface area (Å²) in [6.45, 7) is 0.617. The van der Waals surface area contributed by atoms with Crippen molar-refractivity contribution < 1.29 is 19.4 Å². The molecular formula is C17H18O4Se. The summed E-state index contributed by atoms with van der Waals surface area (Å²) < 4.78 is 10.7. The van der Waals surface area contributed by atoms with E-state index in [0.29, 0.717) is 17.9 Å². The number of hydrogen-bond donors (Lipinski definition) is 1. The molecule has 4 nitrogen and oxygen atoms in total. The minimum atomic E-state index is -0.966. The van der Waals surface area contributed by atoms with E-state index in [-0.39, 0.29) is 20.5 Å². The van der Waals surface area contributed by atoms with Crippen molar-refractivity contribution in [2.45, 2.75) is 11.9 Å². The van der Waals surface area contributed by atoms with E-state index in [9.17, 15) is 4.79 Å². The molecule has 0 saturated carbocycles. The van der Waals surface area contributed by atoms with E-state index in [1.54, 1.807) is 12.1 Å². The predicted molar refractivity (Wildman–Crippen MR) is 85.5 cm³/mol. The minimum absolute atomic E-state index is 0.209. The van der Waals surface area contributed by atoms with Crippen LogP contribution in [0.4, 0.5) is 0 Å². The third-order valence-electron chi connectivity index (χ3n) is 3.04. The Labute approximate surface area is 136 Å². The first-order chi connectivity index (χ1) is 10.7. The number of ether oxygens (including phenoxy) is 2. The van der Waals surface area contributed by atoms with Gasteiger partial charge >= 0.3 is 136 Å². The summed E-state index contributed by atoms with van der Waals surface area (Å²) in [7, 11) is 1.48. The van der Waals surface area contributed by atoms with Gasteiger partial charge in [0, 0.05) is 0 Å². The van der Waals surface area contributed by atoms with Gasteiger partial charge in [-0.15, -0.1) is 0 Å². The molecule has 0 aliphatic carbocycles. The summed E-state index contributed by atoms with van der Waals surface area (Å²) in [5.74, 6) is -0.574. The van der Waals surface area contributed by atoms with Gasteiger partial charge in [0.1, 0.15) is 0 Å². The molecule has 0 amide bonds. The van der Waals surface area contributed by atoms with E-state index in [0.717, 1.165) is 16.4 Å². The predicted octanol–water partition coefficient (Wildman–Crippen LogP) is 2.77. The number of aromatic carboxylic acids is 1. The van der Waals surface area contributed by atoms with Crippen LogP contribution in [0.2, 0.25) is 0 Å². The second-order valence-electron chi connectivity index (χ2n) is 4.64. The van der Waals surface area contributed by atoms with Crippen molar-refractivity contribution >= 4 is 20.9 Å². The summed E-state index contributed by atoms with van der Waals surface area (Å²) in [6.07, 6.45) is 0. The van der Waals surface area contributed by atoms with Crippen molar-refractivity contribution in [2.75, 3.05) is 12.6 Å². The first-order valence-electron chi connectivity index (χ1n) is 6.80. The van der Waals surface area contributed by atoms with E-state index in [4.69, 9.17) is 14.6 Å². The van der Waals surface area contributed by atoms with Gasteiger partial charge in [-0.1, -0.05) is 0 Å². The van der Waals surface area contributed by atoms with Gasteiger partial charge in [-0.2, -0.15) is 0 Å². The number of methoxy groups -OCH3 is 1. The molecule has 0 spiro atoms. The van der Waals surface area contributed by atoms with Gasteiger partial charge < -0.3 is 0 Å². The molecule has 22 heavy (non-hydrogen) atoms. The number of carbonyl (C=O) groups is 1. The zero-order chi connectivity index (χ0) is 15.8. The second kappa shape index (κ2) is 8.59. The van der Waals surface area contributed by atoms with E-state index in [1.807, 2.05) is 36.4 Å². The number of benzene rings is 2. The van der Waals surface area contributed by atoms with Crippen LogP contribution in [-0.4, -0.2) is 38.6 Å². The van der Waals surface area contributed by atoms with Gasteiger partial charge in [0.15, 0.2) is 0 Å². The Hall–Kier alpha value is -1.81. The van der Waals surface area contributed by atoms with Crippen LogP contribution >= 0.6 is 0 Å². The average molecular weight is 365 g/mol. The zero-order valence-electron chi connectivity index (χ0n) is 12.3. The molecule has 0 aliphatic heterocycles. The molecule has 0 aliphatic rings. The molecule has 0 unspecified atom stereocenters. The molecular weight excluding hydrogens is 347 g/mol. The third kappa shape index (κ3) is 4.88. The van der Waals surface area contributed by atoms with Gasteiger partial charge in [0.25, 0.3) is 0 Å². The molecule has 2 rings (SSSR count). The Balaban J connectivity index is 1.79. The van der Waals surface area contributed by atoms with Crippen molar-refractivity contribution in [1.29, 1.82) is 0 Å². The van der Waals surface area contributed by atoms with Gasteiger partial charge in [-0.25, -0.2) is 0 Å². The van der Waals surface area contributed by atoms with E-state index in [1.165, 1.54) is 7.11 Å². The van der Waals surface area contributed by atoms with Gasteiger partial charge in [-0.05, 0) is 0 Å². The topological polar surface area (TPSA) is 55.8 Å². The standard InChI is InChI=1S/C17H18O4Se/c1-20-16-8-7-14(9-15(16)17(18)19)11-22-12-21-10-13-5-3-2-4-6-13/h2-9H,10-12H2,1H3,(H,18,19). The summed E-state index contributed by atoms with van der Waals surface area (Å²) in [6, 6.07) is 15.3. The second-order valence-corrected chi connectivity index (χ2v) is 6.60. The number of carboxylic acids is 1. The van der Waals surface area contributed by atoms with Crippen molar-refractivity contribution in [3.05, 3.63) is 65.2 Å². The van der Waals surface area contributed by atoms with Crippen molar-refractivity contribution in [1.82, 2.24) is 0 Å². The first-order valence-corrected chi connectivity index (χ1v) is 9.22. The first kappa shape index (κ1) is 16.6. The molecule has 0 heterocycles. The molecule has 2 aromatic rings. The fourth-order valence-electron chi connectivity index (χ4n) is 1.96. The maximum atomic E-state index is 11.2. The Morgan fingerprint density at radius 1 is 1.14 bits per heavy atom. The number of rotatable bonds is 8. The quantitative estimate of drug-likeness (QED) is 0.577. The van der Waals surface area contributed by atoms with Crippen LogP contribution in [0.15, 0.2) is 48.5 Å². The Morgan fingerprint density at radius 3 is 2.59 bits per heavy atom. The Morgan fingerprint density at radius 2 is 1.91 bits per heavy atom. The maximum absolute atomic E-state index is 11.2. The van der Waals surface area contributed by atoms with Gasteiger partial charge in [0.05, 0.1) is 0 Å².